The van der Waals surface area contributed by atoms with Crippen LogP contribution in [0.2, 0.25) is 0 Å². The predicted octanol–water partition coefficient (Wildman–Crippen LogP) is 2.50. The zero-order valence-electron chi connectivity index (χ0n) is 4.70. The van der Waals surface area contributed by atoms with Gasteiger partial charge in [-0.1, -0.05) is 34.8 Å². The number of rotatable bonds is 1. The van der Waals surface area contributed by atoms with E-state index in [-0.39, 0.29) is 0 Å². The number of hydrogen-bond donors (Lipinski definition) is 0. The molecule has 0 radical (unpaired) electrons. The highest BCUT2D eigenvalue weighted by Crippen LogP contribution is 2.28. The summed E-state index contributed by atoms with van der Waals surface area (Å²) in [5, 5.41) is 0. The van der Waals surface area contributed by atoms with E-state index in [9.17, 15) is 4.79 Å². The Balaban J connectivity index is 4.11. The summed E-state index contributed by atoms with van der Waals surface area (Å²) in [5.74, 6) is 0. The fourth-order valence-corrected chi connectivity index (χ4v) is 0.808. The van der Waals surface area contributed by atoms with E-state index in [1.807, 2.05) is 0 Å². The van der Waals surface area contributed by atoms with Gasteiger partial charge in [0, 0.05) is 0 Å². The Hall–Kier alpha value is 0.280. The van der Waals surface area contributed by atoms with Gasteiger partial charge in [-0.3, -0.25) is 4.79 Å². The summed E-state index contributed by atoms with van der Waals surface area (Å²) in [5.41, 5.74) is 0.412. The van der Waals surface area contributed by atoms with Crippen LogP contribution in [0.1, 0.15) is 6.92 Å². The number of hydrogen-bond acceptors (Lipinski definition) is 1. The third-order valence-electron chi connectivity index (χ3n) is 0.577. The Morgan fingerprint density at radius 2 is 1.89 bits per heavy atom. The maximum absolute atomic E-state index is 9.94. The second-order valence-electron chi connectivity index (χ2n) is 1.55. The van der Waals surface area contributed by atoms with Crippen molar-refractivity contribution in [3.8, 4) is 0 Å². The largest absolute Gasteiger partial charge is 0.298 e. The van der Waals surface area contributed by atoms with Gasteiger partial charge in [0.25, 0.3) is 0 Å². The van der Waals surface area contributed by atoms with Gasteiger partial charge in [0.2, 0.25) is 3.79 Å². The van der Waals surface area contributed by atoms with E-state index in [1.54, 1.807) is 6.92 Å². The highest BCUT2D eigenvalue weighted by atomic mass is 35.6. The van der Waals surface area contributed by atoms with Gasteiger partial charge in [0.15, 0.2) is 0 Å². The first-order valence-electron chi connectivity index (χ1n) is 2.17. The molecule has 4 heteroatoms. The Kier molecular flexibility index (Phi) is 3.56. The van der Waals surface area contributed by atoms with Gasteiger partial charge < -0.3 is 0 Å². The molecule has 0 fully saturated rings. The van der Waals surface area contributed by atoms with Crippen LogP contribution in [0.25, 0.3) is 0 Å². The molecule has 0 N–H and O–H groups in total. The fourth-order valence-electron chi connectivity index (χ4n) is 0.292. The average Bonchev–Trinajstić information content (AvgIpc) is 1.62. The van der Waals surface area contributed by atoms with E-state index in [2.05, 4.69) is 0 Å². The first-order chi connectivity index (χ1) is 3.95. The number of carbonyl (C=O) groups excluding carboxylic acids is 1. The zero-order valence-corrected chi connectivity index (χ0v) is 6.96. The lowest BCUT2D eigenvalue weighted by atomic mass is 10.3. The van der Waals surface area contributed by atoms with Gasteiger partial charge in [-0.2, -0.15) is 0 Å². The van der Waals surface area contributed by atoms with Crippen molar-refractivity contribution < 1.29 is 4.79 Å². The minimum atomic E-state index is -1.45. The minimum Gasteiger partial charge on any atom is -0.298 e. The Morgan fingerprint density at radius 3 is 2.00 bits per heavy atom. The summed E-state index contributed by atoms with van der Waals surface area (Å²) in [6.07, 6.45) is 1.88. The third kappa shape index (κ3) is 6.16. The molecule has 0 unspecified atom stereocenters. The van der Waals surface area contributed by atoms with Crippen molar-refractivity contribution in [2.45, 2.75) is 10.7 Å². The van der Waals surface area contributed by atoms with Crippen LogP contribution in [0.15, 0.2) is 11.6 Å². The van der Waals surface area contributed by atoms with Crippen molar-refractivity contribution in [3.63, 3.8) is 0 Å². The lowest BCUT2D eigenvalue weighted by Crippen LogP contribution is -1.96. The Morgan fingerprint density at radius 1 is 1.44 bits per heavy atom. The molecule has 9 heavy (non-hydrogen) atoms. The van der Waals surface area contributed by atoms with Gasteiger partial charge in [-0.25, -0.2) is 0 Å². The summed E-state index contributed by atoms with van der Waals surface area (Å²) in [4.78, 5) is 9.94. The summed E-state index contributed by atoms with van der Waals surface area (Å²) in [6, 6.07) is 0. The number of alkyl halides is 3. The number of aldehydes is 1. The van der Waals surface area contributed by atoms with Gasteiger partial charge in [-0.15, -0.1) is 0 Å². The molecule has 52 valence electrons. The van der Waals surface area contributed by atoms with Gasteiger partial charge in [-0.05, 0) is 18.6 Å². The zero-order chi connectivity index (χ0) is 7.49. The second-order valence-corrected chi connectivity index (χ2v) is 3.92. The molecule has 0 aromatic carbocycles. The molecule has 0 amide bonds. The highest BCUT2D eigenvalue weighted by Gasteiger charge is 2.14. The topological polar surface area (TPSA) is 17.1 Å². The number of halogens is 3. The lowest BCUT2D eigenvalue weighted by Gasteiger charge is -2.02. The van der Waals surface area contributed by atoms with Gasteiger partial charge >= 0.3 is 0 Å². The lowest BCUT2D eigenvalue weighted by molar-refractivity contribution is -0.104. The van der Waals surface area contributed by atoms with Crippen molar-refractivity contribution in [1.29, 1.82) is 0 Å². The highest BCUT2D eigenvalue weighted by molar-refractivity contribution is 6.69. The van der Waals surface area contributed by atoms with E-state index in [1.165, 1.54) is 6.08 Å². The molecule has 1 nitrogen and oxygen atoms in total. The van der Waals surface area contributed by atoms with Crippen LogP contribution < -0.4 is 0 Å². The molecule has 0 aromatic rings. The molecule has 0 aliphatic rings. The van der Waals surface area contributed by atoms with E-state index in [0.717, 1.165) is 0 Å². The molecule has 0 aliphatic heterocycles. The first-order valence-corrected chi connectivity index (χ1v) is 3.30. The van der Waals surface area contributed by atoms with Crippen LogP contribution >= 0.6 is 34.8 Å². The maximum Gasteiger partial charge on any atom is 0.209 e. The first kappa shape index (κ1) is 9.28. The summed E-state index contributed by atoms with van der Waals surface area (Å²) in [6.45, 7) is 1.56. The summed E-state index contributed by atoms with van der Waals surface area (Å²) in [7, 11) is 0. The van der Waals surface area contributed by atoms with Crippen molar-refractivity contribution in [1.82, 2.24) is 0 Å². The van der Waals surface area contributed by atoms with Gasteiger partial charge in [0.05, 0.1) is 0 Å². The maximum atomic E-state index is 9.94. The van der Waals surface area contributed by atoms with Gasteiger partial charge in [0.1, 0.15) is 6.29 Å². The molecule has 0 saturated carbocycles. The molecule has 0 spiro atoms. The van der Waals surface area contributed by atoms with E-state index in [4.69, 9.17) is 34.8 Å². The normalized spacial score (nSPS) is 13.6. The number of allylic oxidation sites excluding steroid dienone is 2. The molecule has 0 rings (SSSR count). The summed E-state index contributed by atoms with van der Waals surface area (Å²) >= 11 is 15.9. The minimum absolute atomic E-state index is 0.412. The van der Waals surface area contributed by atoms with Crippen LogP contribution in [-0.2, 0) is 4.79 Å². The van der Waals surface area contributed by atoms with Crippen LogP contribution in [0, 0.1) is 0 Å². The second kappa shape index (κ2) is 3.45. The Bertz CT molecular complexity index is 134. The standard InChI is InChI=1S/C5H5Cl3O/c1-4(3-9)2-5(6,7)8/h2-3H,1H3/b4-2+. The smallest absolute Gasteiger partial charge is 0.209 e. The quantitative estimate of drug-likeness (QED) is 0.350. The third-order valence-corrected chi connectivity index (χ3v) is 0.905. The van der Waals surface area contributed by atoms with Crippen molar-refractivity contribution in [2.24, 2.45) is 0 Å². The van der Waals surface area contributed by atoms with E-state index < -0.39 is 3.79 Å². The SMILES string of the molecule is C/C(C=O)=C\C(Cl)(Cl)Cl. The molecular formula is C5H5Cl3O. The average molecular weight is 187 g/mol. The van der Waals surface area contributed by atoms with Crippen molar-refractivity contribution in [3.05, 3.63) is 11.6 Å². The van der Waals surface area contributed by atoms with Crippen LogP contribution in [0.5, 0.6) is 0 Å². The molecule has 0 atom stereocenters. The van der Waals surface area contributed by atoms with Crippen LogP contribution in [0.4, 0.5) is 0 Å². The predicted molar refractivity (Wildman–Crippen MR) is 40.1 cm³/mol. The molecule has 0 bridgehead atoms. The molecular weight excluding hydrogens is 182 g/mol. The molecule has 0 aliphatic carbocycles. The summed E-state index contributed by atoms with van der Waals surface area (Å²) < 4.78 is -1.45. The fraction of sp³-hybridized carbons (Fsp3) is 0.400. The van der Waals surface area contributed by atoms with E-state index >= 15 is 0 Å². The molecule has 0 heterocycles. The molecule has 0 aromatic heterocycles. The van der Waals surface area contributed by atoms with Crippen molar-refractivity contribution >= 4 is 41.1 Å². The van der Waals surface area contributed by atoms with Crippen LogP contribution in [0.3, 0.4) is 0 Å². The van der Waals surface area contributed by atoms with E-state index in [0.29, 0.717) is 11.9 Å². The van der Waals surface area contributed by atoms with Crippen molar-refractivity contribution in [2.75, 3.05) is 0 Å². The van der Waals surface area contributed by atoms with Crippen LogP contribution in [-0.4, -0.2) is 10.1 Å². The monoisotopic (exact) mass is 186 g/mol. The molecule has 0 saturated heterocycles. The number of carbonyl (C=O) groups is 1. The Labute approximate surface area is 68.6 Å².